The number of ether oxygens (including phenoxy) is 1. The minimum atomic E-state index is -0.607. The fraction of sp³-hybridized carbons (Fsp3) is 0.455. The maximum absolute atomic E-state index is 13.2. The second kappa shape index (κ2) is 5.58. The molecular formula is C11H15FN2O3. The molecule has 17 heavy (non-hydrogen) atoms. The molecular weight excluding hydrogens is 227 g/mol. The van der Waals surface area contributed by atoms with Crippen molar-refractivity contribution >= 4 is 11.4 Å². The molecule has 0 aliphatic heterocycles. The summed E-state index contributed by atoms with van der Waals surface area (Å²) in [5, 5.41) is 13.7. The van der Waals surface area contributed by atoms with Crippen LogP contribution < -0.4 is 5.32 Å². The highest BCUT2D eigenvalue weighted by molar-refractivity contribution is 5.63. The molecule has 0 fully saturated rings. The zero-order chi connectivity index (χ0) is 13.0. The van der Waals surface area contributed by atoms with Crippen LogP contribution in [-0.4, -0.2) is 24.7 Å². The lowest BCUT2D eigenvalue weighted by Crippen LogP contribution is -2.21. The Morgan fingerprint density at radius 2 is 2.24 bits per heavy atom. The normalized spacial score (nSPS) is 12.2. The molecule has 0 spiro atoms. The van der Waals surface area contributed by atoms with Crippen molar-refractivity contribution in [2.75, 3.05) is 19.0 Å². The number of nitro benzene ring substituents is 1. The van der Waals surface area contributed by atoms with Crippen molar-refractivity contribution in [1.82, 2.24) is 0 Å². The van der Waals surface area contributed by atoms with Gasteiger partial charge in [0.1, 0.15) is 11.5 Å². The first-order chi connectivity index (χ1) is 7.95. The van der Waals surface area contributed by atoms with Crippen molar-refractivity contribution in [2.45, 2.75) is 19.9 Å². The van der Waals surface area contributed by atoms with Gasteiger partial charge in [-0.05, 0) is 25.5 Å². The fourth-order valence-electron chi connectivity index (χ4n) is 1.49. The largest absolute Gasteiger partial charge is 0.383 e. The number of nitrogens with zero attached hydrogens (tertiary/aromatic N) is 1. The zero-order valence-corrected chi connectivity index (χ0v) is 9.99. The van der Waals surface area contributed by atoms with Gasteiger partial charge in [0.05, 0.1) is 17.6 Å². The first-order valence-electron chi connectivity index (χ1n) is 5.15. The van der Waals surface area contributed by atoms with Crippen LogP contribution in [0.3, 0.4) is 0 Å². The number of rotatable bonds is 5. The molecule has 0 saturated carbocycles. The number of hydrogen-bond acceptors (Lipinski definition) is 4. The van der Waals surface area contributed by atoms with Crippen LogP contribution in [0.5, 0.6) is 0 Å². The third kappa shape index (κ3) is 3.39. The molecule has 0 aliphatic rings. The van der Waals surface area contributed by atoms with Crippen LogP contribution in [0.15, 0.2) is 12.1 Å². The van der Waals surface area contributed by atoms with E-state index >= 15 is 0 Å². The van der Waals surface area contributed by atoms with Gasteiger partial charge in [0.25, 0.3) is 5.69 Å². The van der Waals surface area contributed by atoms with Crippen LogP contribution in [0.4, 0.5) is 15.8 Å². The van der Waals surface area contributed by atoms with Gasteiger partial charge in [0.2, 0.25) is 0 Å². The Kier molecular flexibility index (Phi) is 4.39. The lowest BCUT2D eigenvalue weighted by Gasteiger charge is -2.14. The molecule has 1 aromatic carbocycles. The zero-order valence-electron chi connectivity index (χ0n) is 9.99. The molecule has 0 bridgehead atoms. The Morgan fingerprint density at radius 3 is 2.76 bits per heavy atom. The van der Waals surface area contributed by atoms with Crippen LogP contribution in [0, 0.1) is 22.9 Å². The average molecular weight is 242 g/mol. The number of anilines is 1. The minimum absolute atomic E-state index is 0.0939. The number of methoxy groups -OCH3 is 1. The molecule has 1 rings (SSSR count). The van der Waals surface area contributed by atoms with E-state index in [1.54, 1.807) is 14.0 Å². The van der Waals surface area contributed by atoms with Crippen LogP contribution in [0.25, 0.3) is 0 Å². The van der Waals surface area contributed by atoms with E-state index in [0.717, 1.165) is 6.07 Å². The number of aryl methyl sites for hydroxylation is 1. The average Bonchev–Trinajstić information content (AvgIpc) is 2.23. The summed E-state index contributed by atoms with van der Waals surface area (Å²) in [5.41, 5.74) is 0.400. The van der Waals surface area contributed by atoms with E-state index in [1.165, 1.54) is 6.07 Å². The van der Waals surface area contributed by atoms with Crippen LogP contribution in [-0.2, 0) is 4.74 Å². The van der Waals surface area contributed by atoms with Crippen molar-refractivity contribution in [3.05, 3.63) is 33.6 Å². The summed E-state index contributed by atoms with van der Waals surface area (Å²) in [4.78, 5) is 10.2. The van der Waals surface area contributed by atoms with Gasteiger partial charge in [-0.15, -0.1) is 0 Å². The Bertz CT molecular complexity index is 423. The van der Waals surface area contributed by atoms with Gasteiger partial charge < -0.3 is 10.1 Å². The van der Waals surface area contributed by atoms with Gasteiger partial charge in [0, 0.05) is 13.2 Å². The predicted molar refractivity (Wildman–Crippen MR) is 62.8 cm³/mol. The molecule has 6 heteroatoms. The molecule has 94 valence electrons. The molecule has 0 heterocycles. The second-order valence-electron chi connectivity index (χ2n) is 3.88. The van der Waals surface area contributed by atoms with Crippen molar-refractivity contribution in [3.63, 3.8) is 0 Å². The summed E-state index contributed by atoms with van der Waals surface area (Å²) < 4.78 is 18.2. The number of hydrogen-bond donors (Lipinski definition) is 1. The Labute approximate surface area is 98.7 Å². The van der Waals surface area contributed by atoms with Crippen LogP contribution in [0.1, 0.15) is 12.5 Å². The topological polar surface area (TPSA) is 64.4 Å². The molecule has 1 atom stereocenters. The van der Waals surface area contributed by atoms with Gasteiger partial charge in [0.15, 0.2) is 0 Å². The van der Waals surface area contributed by atoms with Gasteiger partial charge in [-0.25, -0.2) is 4.39 Å². The summed E-state index contributed by atoms with van der Waals surface area (Å²) in [6.07, 6.45) is 0. The lowest BCUT2D eigenvalue weighted by atomic mass is 10.1. The summed E-state index contributed by atoms with van der Waals surface area (Å²) in [5.74, 6) is -0.582. The molecule has 5 nitrogen and oxygen atoms in total. The van der Waals surface area contributed by atoms with E-state index in [4.69, 9.17) is 4.74 Å². The summed E-state index contributed by atoms with van der Waals surface area (Å²) in [6, 6.07) is 2.26. The van der Waals surface area contributed by atoms with Crippen LogP contribution >= 0.6 is 0 Å². The lowest BCUT2D eigenvalue weighted by molar-refractivity contribution is -0.384. The summed E-state index contributed by atoms with van der Waals surface area (Å²) in [6.45, 7) is 3.80. The SMILES string of the molecule is COCC(C)Nc1cc(C)c(F)cc1[N+](=O)[O-]. The van der Waals surface area contributed by atoms with E-state index in [-0.39, 0.29) is 11.7 Å². The quantitative estimate of drug-likeness (QED) is 0.636. The molecule has 0 aromatic heterocycles. The Morgan fingerprint density at radius 1 is 1.59 bits per heavy atom. The highest BCUT2D eigenvalue weighted by atomic mass is 19.1. The highest BCUT2D eigenvalue weighted by Gasteiger charge is 2.18. The number of halogens is 1. The molecule has 0 amide bonds. The highest BCUT2D eigenvalue weighted by Crippen LogP contribution is 2.27. The first-order valence-corrected chi connectivity index (χ1v) is 5.15. The van der Waals surface area contributed by atoms with E-state index < -0.39 is 10.7 Å². The standard InChI is InChI=1S/C11H15FN2O3/c1-7-4-10(13-8(2)6-17-3)11(14(15)16)5-9(7)12/h4-5,8,13H,6H2,1-3H3. The Hall–Kier alpha value is -1.69. The van der Waals surface area contributed by atoms with Gasteiger partial charge in [-0.3, -0.25) is 10.1 Å². The maximum Gasteiger partial charge on any atom is 0.295 e. The molecule has 0 aliphatic carbocycles. The molecule has 0 saturated heterocycles. The smallest absolute Gasteiger partial charge is 0.295 e. The molecule has 0 radical (unpaired) electrons. The van der Waals surface area contributed by atoms with Crippen molar-refractivity contribution in [2.24, 2.45) is 0 Å². The first kappa shape index (κ1) is 13.4. The third-order valence-corrected chi connectivity index (χ3v) is 2.29. The van der Waals surface area contributed by atoms with E-state index in [2.05, 4.69) is 5.32 Å². The number of nitrogens with one attached hydrogen (secondary N) is 1. The summed E-state index contributed by atoms with van der Waals surface area (Å²) >= 11 is 0. The number of nitro groups is 1. The third-order valence-electron chi connectivity index (χ3n) is 2.29. The number of benzene rings is 1. The van der Waals surface area contributed by atoms with Crippen LogP contribution in [0.2, 0.25) is 0 Å². The van der Waals surface area contributed by atoms with Crippen molar-refractivity contribution in [1.29, 1.82) is 0 Å². The van der Waals surface area contributed by atoms with E-state index in [0.29, 0.717) is 17.9 Å². The van der Waals surface area contributed by atoms with Gasteiger partial charge >= 0.3 is 0 Å². The van der Waals surface area contributed by atoms with Gasteiger partial charge in [-0.2, -0.15) is 0 Å². The van der Waals surface area contributed by atoms with E-state index in [1.807, 2.05) is 6.92 Å². The maximum atomic E-state index is 13.2. The predicted octanol–water partition coefficient (Wildman–Crippen LogP) is 2.49. The molecule has 1 unspecified atom stereocenters. The molecule has 1 aromatic rings. The monoisotopic (exact) mass is 242 g/mol. The molecule has 1 N–H and O–H groups in total. The Balaban J connectivity index is 3.04. The van der Waals surface area contributed by atoms with Gasteiger partial charge in [-0.1, -0.05) is 0 Å². The van der Waals surface area contributed by atoms with E-state index in [9.17, 15) is 14.5 Å². The van der Waals surface area contributed by atoms with Crippen molar-refractivity contribution < 1.29 is 14.1 Å². The minimum Gasteiger partial charge on any atom is -0.383 e. The summed E-state index contributed by atoms with van der Waals surface area (Å²) in [7, 11) is 1.54. The van der Waals surface area contributed by atoms with Crippen molar-refractivity contribution in [3.8, 4) is 0 Å². The fourth-order valence-corrected chi connectivity index (χ4v) is 1.49. The second-order valence-corrected chi connectivity index (χ2v) is 3.88.